The Balaban J connectivity index is 1.60. The van der Waals surface area contributed by atoms with Crippen LogP contribution in [0.4, 0.5) is 5.95 Å². The zero-order valence-electron chi connectivity index (χ0n) is 13.5. The first-order valence-corrected chi connectivity index (χ1v) is 9.56. The number of fused-ring (bicyclic) bond motifs is 1. The molecule has 3 aromatic heterocycles. The minimum absolute atomic E-state index is 0.0150. The van der Waals surface area contributed by atoms with Gasteiger partial charge >= 0.3 is 0 Å². The van der Waals surface area contributed by atoms with Gasteiger partial charge in [0.2, 0.25) is 5.95 Å². The number of hydrogen-bond donors (Lipinski definition) is 2. The number of carbonyl (C=O) groups is 1. The monoisotopic (exact) mass is 417 g/mol. The predicted octanol–water partition coefficient (Wildman–Crippen LogP) is 3.20. The molecule has 25 heavy (non-hydrogen) atoms. The van der Waals surface area contributed by atoms with Crippen molar-refractivity contribution in [3.63, 3.8) is 0 Å². The zero-order chi connectivity index (χ0) is 17.4. The molecule has 6 nitrogen and oxygen atoms in total. The second-order valence-electron chi connectivity index (χ2n) is 5.81. The van der Waals surface area contributed by atoms with Crippen LogP contribution in [0.5, 0.6) is 0 Å². The minimum Gasteiger partial charge on any atom is -0.352 e. The highest BCUT2D eigenvalue weighted by atomic mass is 79.9. The molecule has 0 fully saturated rings. The van der Waals surface area contributed by atoms with Gasteiger partial charge in [0.05, 0.1) is 23.5 Å². The van der Waals surface area contributed by atoms with Gasteiger partial charge in [-0.25, -0.2) is 9.97 Å². The lowest BCUT2D eigenvalue weighted by Crippen LogP contribution is -2.31. The molecule has 1 aliphatic heterocycles. The van der Waals surface area contributed by atoms with Crippen molar-refractivity contribution < 1.29 is 4.79 Å². The van der Waals surface area contributed by atoms with E-state index in [1.165, 1.54) is 4.88 Å². The van der Waals surface area contributed by atoms with E-state index >= 15 is 0 Å². The summed E-state index contributed by atoms with van der Waals surface area (Å²) in [4.78, 5) is 22.1. The van der Waals surface area contributed by atoms with Gasteiger partial charge in [0.15, 0.2) is 0 Å². The molecule has 1 amide bonds. The predicted molar refractivity (Wildman–Crippen MR) is 102 cm³/mol. The molecule has 1 aliphatic rings. The lowest BCUT2D eigenvalue weighted by molar-refractivity contribution is 0.0945. The number of hydrogen-bond acceptors (Lipinski definition) is 5. The molecule has 0 saturated carbocycles. The Labute approximate surface area is 157 Å². The van der Waals surface area contributed by atoms with Crippen LogP contribution >= 0.6 is 27.3 Å². The summed E-state index contributed by atoms with van der Waals surface area (Å²) in [7, 11) is 1.98. The zero-order valence-corrected chi connectivity index (χ0v) is 15.9. The topological polar surface area (TPSA) is 71.8 Å². The summed E-state index contributed by atoms with van der Waals surface area (Å²) >= 11 is 5.13. The number of thiophene rings is 1. The summed E-state index contributed by atoms with van der Waals surface area (Å²) in [6.07, 6.45) is 2.57. The smallest absolute Gasteiger partial charge is 0.253 e. The quantitative estimate of drug-likeness (QED) is 0.683. The van der Waals surface area contributed by atoms with Crippen molar-refractivity contribution in [3.05, 3.63) is 50.4 Å². The van der Waals surface area contributed by atoms with Crippen molar-refractivity contribution in [1.29, 1.82) is 0 Å². The van der Waals surface area contributed by atoms with E-state index in [4.69, 9.17) is 0 Å². The number of amides is 1. The van der Waals surface area contributed by atoms with Gasteiger partial charge in [-0.3, -0.25) is 4.79 Å². The molecule has 8 heteroatoms. The average molecular weight is 418 g/mol. The Morgan fingerprint density at radius 2 is 2.32 bits per heavy atom. The number of nitrogens with one attached hydrogen (secondary N) is 2. The maximum absolute atomic E-state index is 12.0. The number of carbonyl (C=O) groups excluding carboxylic acids is 1. The lowest BCUT2D eigenvalue weighted by atomic mass is 10.1. The number of rotatable bonds is 4. The maximum Gasteiger partial charge on any atom is 0.253 e. The first kappa shape index (κ1) is 16.3. The van der Waals surface area contributed by atoms with E-state index < -0.39 is 0 Å². The summed E-state index contributed by atoms with van der Waals surface area (Å²) in [6, 6.07) is 5.85. The van der Waals surface area contributed by atoms with Crippen LogP contribution in [0, 0.1) is 0 Å². The third kappa shape index (κ3) is 3.19. The lowest BCUT2D eigenvalue weighted by Gasteiger charge is -2.14. The molecule has 0 radical (unpaired) electrons. The van der Waals surface area contributed by atoms with E-state index in [0.717, 1.165) is 33.5 Å². The minimum atomic E-state index is -0.0150. The summed E-state index contributed by atoms with van der Waals surface area (Å²) in [5, 5.41) is 8.18. The van der Waals surface area contributed by atoms with Crippen molar-refractivity contribution in [2.24, 2.45) is 7.05 Å². The average Bonchev–Trinajstić information content (AvgIpc) is 3.18. The number of nitrogens with zero attached hydrogens (tertiary/aromatic N) is 3. The second kappa shape index (κ2) is 6.61. The molecule has 0 saturated heterocycles. The van der Waals surface area contributed by atoms with Gasteiger partial charge in [0.1, 0.15) is 0 Å². The number of anilines is 1. The number of aromatic nitrogens is 3. The second-order valence-corrected chi connectivity index (χ2v) is 7.72. The van der Waals surface area contributed by atoms with Crippen LogP contribution in [0.1, 0.15) is 20.9 Å². The summed E-state index contributed by atoms with van der Waals surface area (Å²) in [6.45, 7) is 1.35. The molecule has 0 unspecified atom stereocenters. The van der Waals surface area contributed by atoms with E-state index in [9.17, 15) is 4.79 Å². The molecule has 4 rings (SSSR count). The normalized spacial score (nSPS) is 13.4. The first-order valence-electron chi connectivity index (χ1n) is 7.89. The molecule has 0 bridgehead atoms. The Hall–Kier alpha value is -2.19. The van der Waals surface area contributed by atoms with E-state index in [0.29, 0.717) is 19.0 Å². The van der Waals surface area contributed by atoms with Crippen LogP contribution in [0.25, 0.3) is 11.4 Å². The highest BCUT2D eigenvalue weighted by molar-refractivity contribution is 9.10. The van der Waals surface area contributed by atoms with Gasteiger partial charge in [-0.05, 0) is 34.1 Å². The van der Waals surface area contributed by atoms with Gasteiger partial charge in [0, 0.05) is 46.6 Å². The molecule has 3 aromatic rings. The fourth-order valence-electron chi connectivity index (χ4n) is 2.98. The van der Waals surface area contributed by atoms with Gasteiger partial charge in [0.25, 0.3) is 5.91 Å². The van der Waals surface area contributed by atoms with Crippen molar-refractivity contribution in [3.8, 4) is 11.4 Å². The SMILES string of the molecule is Cn1c(-c2ccnc(NCc3cc(Br)cs3)n2)cc2c1CCNC2=O. The van der Waals surface area contributed by atoms with Crippen LogP contribution in [0.15, 0.2) is 34.2 Å². The van der Waals surface area contributed by atoms with Crippen LogP contribution < -0.4 is 10.6 Å². The fourth-order valence-corrected chi connectivity index (χ4v) is 4.37. The molecule has 0 spiro atoms. The van der Waals surface area contributed by atoms with E-state index in [2.05, 4.69) is 47.2 Å². The molecule has 0 aliphatic carbocycles. The largest absolute Gasteiger partial charge is 0.352 e. The third-order valence-electron chi connectivity index (χ3n) is 4.21. The van der Waals surface area contributed by atoms with Gasteiger partial charge in [-0.15, -0.1) is 11.3 Å². The first-order chi connectivity index (χ1) is 12.1. The van der Waals surface area contributed by atoms with Crippen molar-refractivity contribution in [2.45, 2.75) is 13.0 Å². The standard InChI is InChI=1S/C17H16BrN5OS/c1-23-14-3-5-19-16(24)12(14)7-15(23)13-2-4-20-17(22-13)21-8-11-6-10(18)9-25-11/h2,4,6-7,9H,3,5,8H2,1H3,(H,19,24)(H,20,21,22). The third-order valence-corrected chi connectivity index (χ3v) is 5.91. The van der Waals surface area contributed by atoms with E-state index in [-0.39, 0.29) is 5.91 Å². The van der Waals surface area contributed by atoms with Crippen LogP contribution in [-0.2, 0) is 20.0 Å². The summed E-state index contributed by atoms with van der Waals surface area (Å²) < 4.78 is 3.13. The molecular formula is C17H16BrN5OS. The molecule has 128 valence electrons. The fraction of sp³-hybridized carbons (Fsp3) is 0.235. The van der Waals surface area contributed by atoms with Gasteiger partial charge in [-0.2, -0.15) is 0 Å². The molecule has 4 heterocycles. The van der Waals surface area contributed by atoms with E-state index in [1.807, 2.05) is 24.6 Å². The molecular weight excluding hydrogens is 402 g/mol. The molecule has 2 N–H and O–H groups in total. The Morgan fingerprint density at radius 1 is 1.44 bits per heavy atom. The van der Waals surface area contributed by atoms with E-state index in [1.54, 1.807) is 17.5 Å². The van der Waals surface area contributed by atoms with Crippen molar-refractivity contribution in [1.82, 2.24) is 19.9 Å². The van der Waals surface area contributed by atoms with Crippen LogP contribution in [0.2, 0.25) is 0 Å². The maximum atomic E-state index is 12.0. The van der Waals surface area contributed by atoms with Crippen LogP contribution in [0.3, 0.4) is 0 Å². The van der Waals surface area contributed by atoms with Gasteiger partial charge in [-0.1, -0.05) is 0 Å². The Kier molecular flexibility index (Phi) is 4.30. The van der Waals surface area contributed by atoms with Gasteiger partial charge < -0.3 is 15.2 Å². The Bertz CT molecular complexity index is 948. The van der Waals surface area contributed by atoms with Crippen molar-refractivity contribution in [2.75, 3.05) is 11.9 Å². The highest BCUT2D eigenvalue weighted by Crippen LogP contribution is 2.26. The highest BCUT2D eigenvalue weighted by Gasteiger charge is 2.23. The summed E-state index contributed by atoms with van der Waals surface area (Å²) in [5.74, 6) is 0.560. The molecule has 0 atom stereocenters. The summed E-state index contributed by atoms with van der Waals surface area (Å²) in [5.41, 5.74) is 3.51. The Morgan fingerprint density at radius 3 is 3.08 bits per heavy atom. The van der Waals surface area contributed by atoms with Crippen molar-refractivity contribution >= 4 is 39.1 Å². The molecule has 0 aromatic carbocycles. The number of halogens is 1. The van der Waals surface area contributed by atoms with Crippen LogP contribution in [-0.4, -0.2) is 27.0 Å².